The zero-order valence-electron chi connectivity index (χ0n) is 15.9. The first-order chi connectivity index (χ1) is 12.9. The minimum Gasteiger partial charge on any atom is -0.311 e. The molecule has 142 valence electrons. The summed E-state index contributed by atoms with van der Waals surface area (Å²) in [6.45, 7) is 6.37. The Morgan fingerprint density at radius 3 is 2.74 bits per heavy atom. The molecule has 0 fully saturated rings. The fraction of sp³-hybridized carbons (Fsp3) is 0.400. The quantitative estimate of drug-likeness (QED) is 0.557. The van der Waals surface area contributed by atoms with Crippen molar-refractivity contribution in [2.75, 3.05) is 17.2 Å². The normalized spacial score (nSPS) is 10.4. The third kappa shape index (κ3) is 5.97. The molecule has 7 heteroatoms. The molecule has 0 bridgehead atoms. The number of benzene rings is 1. The van der Waals surface area contributed by atoms with Crippen molar-refractivity contribution >= 4 is 23.4 Å². The fourth-order valence-electron chi connectivity index (χ4n) is 2.60. The average Bonchev–Trinajstić information content (AvgIpc) is 2.63. The number of thioether (sulfide) groups is 1. The van der Waals surface area contributed by atoms with Crippen LogP contribution in [-0.2, 0) is 11.2 Å². The standard InChI is InChI=1S/C20H24N4O2S/c1-4-6-16-12-18(25)23-20(22-16)27-13-19(26)24(10-5-9-21)17-8-7-14(2)15(3)11-17/h7-8,11-12H,4-6,10,13H2,1-3H3,(H,22,23,25). The van der Waals surface area contributed by atoms with Crippen LogP contribution < -0.4 is 10.5 Å². The van der Waals surface area contributed by atoms with Gasteiger partial charge >= 0.3 is 0 Å². The van der Waals surface area contributed by atoms with Crippen LogP contribution in [0.15, 0.2) is 34.2 Å². The minimum atomic E-state index is -0.209. The van der Waals surface area contributed by atoms with Gasteiger partial charge < -0.3 is 9.88 Å². The number of nitrogens with zero attached hydrogens (tertiary/aromatic N) is 3. The molecule has 0 saturated carbocycles. The van der Waals surface area contributed by atoms with E-state index in [4.69, 9.17) is 5.26 Å². The van der Waals surface area contributed by atoms with Gasteiger partial charge in [-0.25, -0.2) is 4.98 Å². The lowest BCUT2D eigenvalue weighted by Crippen LogP contribution is -2.33. The van der Waals surface area contributed by atoms with Gasteiger partial charge in [-0.1, -0.05) is 31.2 Å². The van der Waals surface area contributed by atoms with Crippen LogP contribution in [0.4, 0.5) is 5.69 Å². The fourth-order valence-corrected chi connectivity index (χ4v) is 3.37. The number of hydrogen-bond donors (Lipinski definition) is 1. The molecule has 0 aliphatic rings. The number of H-pyrrole nitrogens is 1. The van der Waals surface area contributed by atoms with Crippen molar-refractivity contribution in [2.24, 2.45) is 0 Å². The van der Waals surface area contributed by atoms with Gasteiger partial charge in [-0.2, -0.15) is 5.26 Å². The van der Waals surface area contributed by atoms with Crippen molar-refractivity contribution in [3.63, 3.8) is 0 Å². The van der Waals surface area contributed by atoms with Gasteiger partial charge in [0.25, 0.3) is 5.56 Å². The van der Waals surface area contributed by atoms with E-state index in [0.717, 1.165) is 35.3 Å². The summed E-state index contributed by atoms with van der Waals surface area (Å²) in [5.41, 5.74) is 3.54. The Bertz CT molecular complexity index is 902. The van der Waals surface area contributed by atoms with Crippen molar-refractivity contribution < 1.29 is 4.79 Å². The smallest absolute Gasteiger partial charge is 0.251 e. The van der Waals surface area contributed by atoms with Gasteiger partial charge in [-0.3, -0.25) is 9.59 Å². The first-order valence-corrected chi connectivity index (χ1v) is 9.90. The molecule has 0 spiro atoms. The van der Waals surface area contributed by atoms with E-state index in [2.05, 4.69) is 16.0 Å². The van der Waals surface area contributed by atoms with E-state index in [1.807, 2.05) is 39.0 Å². The lowest BCUT2D eigenvalue weighted by atomic mass is 10.1. The maximum Gasteiger partial charge on any atom is 0.251 e. The Morgan fingerprint density at radius 2 is 2.07 bits per heavy atom. The molecule has 1 amide bonds. The lowest BCUT2D eigenvalue weighted by molar-refractivity contribution is -0.116. The second kappa shape index (κ2) is 9.93. The van der Waals surface area contributed by atoms with Crippen LogP contribution >= 0.6 is 11.8 Å². The van der Waals surface area contributed by atoms with Gasteiger partial charge in [0.05, 0.1) is 18.2 Å². The van der Waals surface area contributed by atoms with Gasteiger partial charge in [0.1, 0.15) is 0 Å². The van der Waals surface area contributed by atoms with Crippen LogP contribution in [0.1, 0.15) is 36.6 Å². The molecule has 0 saturated heterocycles. The highest BCUT2D eigenvalue weighted by molar-refractivity contribution is 7.99. The number of carbonyl (C=O) groups is 1. The molecule has 0 atom stereocenters. The van der Waals surface area contributed by atoms with Gasteiger partial charge in [0.2, 0.25) is 5.91 Å². The molecule has 1 heterocycles. The van der Waals surface area contributed by atoms with Crippen molar-refractivity contribution in [2.45, 2.75) is 45.2 Å². The summed E-state index contributed by atoms with van der Waals surface area (Å²) in [5.74, 6) is 0.0127. The molecule has 6 nitrogen and oxygen atoms in total. The number of carbonyl (C=O) groups excluding carboxylic acids is 1. The van der Waals surface area contributed by atoms with Crippen molar-refractivity contribution in [3.8, 4) is 6.07 Å². The van der Waals surface area contributed by atoms with Gasteiger partial charge in [0.15, 0.2) is 5.16 Å². The minimum absolute atomic E-state index is 0.123. The predicted octanol–water partition coefficient (Wildman–Crippen LogP) is 3.38. The summed E-state index contributed by atoms with van der Waals surface area (Å²) >= 11 is 1.21. The number of aryl methyl sites for hydroxylation is 3. The summed E-state index contributed by atoms with van der Waals surface area (Å²) in [4.78, 5) is 33.2. The summed E-state index contributed by atoms with van der Waals surface area (Å²) in [7, 11) is 0. The molecule has 2 rings (SSSR count). The zero-order chi connectivity index (χ0) is 19.8. The zero-order valence-corrected chi connectivity index (χ0v) is 16.7. The van der Waals surface area contributed by atoms with E-state index in [1.165, 1.54) is 17.8 Å². The molecule has 0 radical (unpaired) electrons. The topological polar surface area (TPSA) is 89.9 Å². The van der Waals surface area contributed by atoms with Crippen LogP contribution in [0.3, 0.4) is 0 Å². The van der Waals surface area contributed by atoms with E-state index in [1.54, 1.807) is 4.90 Å². The SMILES string of the molecule is CCCc1cc(=O)[nH]c(SCC(=O)N(CCC#N)c2ccc(C)c(C)c2)n1. The average molecular weight is 385 g/mol. The predicted molar refractivity (Wildman–Crippen MR) is 108 cm³/mol. The van der Waals surface area contributed by atoms with E-state index in [0.29, 0.717) is 11.7 Å². The molecular formula is C20H24N4O2S. The number of nitriles is 1. The maximum atomic E-state index is 12.8. The molecule has 1 aromatic carbocycles. The van der Waals surface area contributed by atoms with Crippen LogP contribution in [0.2, 0.25) is 0 Å². The Hall–Kier alpha value is -2.59. The highest BCUT2D eigenvalue weighted by Crippen LogP contribution is 2.21. The molecule has 0 aliphatic carbocycles. The molecular weight excluding hydrogens is 360 g/mol. The van der Waals surface area contributed by atoms with Crippen molar-refractivity contribution in [1.29, 1.82) is 5.26 Å². The summed E-state index contributed by atoms with van der Waals surface area (Å²) in [6.07, 6.45) is 1.88. The number of rotatable bonds is 8. The number of aromatic nitrogens is 2. The Labute approximate surface area is 163 Å². The van der Waals surface area contributed by atoms with E-state index in [9.17, 15) is 9.59 Å². The Kier molecular flexibility index (Phi) is 7.62. The first-order valence-electron chi connectivity index (χ1n) is 8.92. The molecule has 1 N–H and O–H groups in total. The maximum absolute atomic E-state index is 12.8. The van der Waals surface area contributed by atoms with Crippen LogP contribution in [0.5, 0.6) is 0 Å². The molecule has 0 unspecified atom stereocenters. The van der Waals surface area contributed by atoms with Gasteiger partial charge in [-0.05, 0) is 43.5 Å². The van der Waals surface area contributed by atoms with Crippen LogP contribution in [0, 0.1) is 25.2 Å². The molecule has 27 heavy (non-hydrogen) atoms. The van der Waals surface area contributed by atoms with Crippen molar-refractivity contribution in [1.82, 2.24) is 9.97 Å². The van der Waals surface area contributed by atoms with Crippen LogP contribution in [0.25, 0.3) is 0 Å². The summed E-state index contributed by atoms with van der Waals surface area (Å²) in [5, 5.41) is 9.36. The summed E-state index contributed by atoms with van der Waals surface area (Å²) < 4.78 is 0. The second-order valence-electron chi connectivity index (χ2n) is 6.30. The number of amides is 1. The molecule has 1 aromatic heterocycles. The number of aromatic amines is 1. The van der Waals surface area contributed by atoms with Crippen molar-refractivity contribution in [3.05, 3.63) is 51.4 Å². The highest BCUT2D eigenvalue weighted by atomic mass is 32.2. The van der Waals surface area contributed by atoms with E-state index >= 15 is 0 Å². The molecule has 2 aromatic rings. The lowest BCUT2D eigenvalue weighted by Gasteiger charge is -2.22. The third-order valence-electron chi connectivity index (χ3n) is 4.16. The second-order valence-corrected chi connectivity index (χ2v) is 7.27. The van der Waals surface area contributed by atoms with E-state index < -0.39 is 0 Å². The van der Waals surface area contributed by atoms with Gasteiger partial charge in [0, 0.05) is 24.0 Å². The summed E-state index contributed by atoms with van der Waals surface area (Å²) in [6, 6.07) is 9.40. The Balaban J connectivity index is 2.15. The Morgan fingerprint density at radius 1 is 1.30 bits per heavy atom. The largest absolute Gasteiger partial charge is 0.311 e. The van der Waals surface area contributed by atoms with Gasteiger partial charge in [-0.15, -0.1) is 0 Å². The first kappa shape index (κ1) is 20.7. The number of hydrogen-bond acceptors (Lipinski definition) is 5. The monoisotopic (exact) mass is 384 g/mol. The molecule has 0 aliphatic heterocycles. The number of anilines is 1. The highest BCUT2D eigenvalue weighted by Gasteiger charge is 2.17. The van der Waals surface area contributed by atoms with E-state index in [-0.39, 0.29) is 23.6 Å². The number of nitrogens with one attached hydrogen (secondary N) is 1. The third-order valence-corrected chi connectivity index (χ3v) is 5.02. The van der Waals surface area contributed by atoms with Crippen LogP contribution in [-0.4, -0.2) is 28.2 Å².